The van der Waals surface area contributed by atoms with Crippen molar-refractivity contribution in [3.63, 3.8) is 0 Å². The van der Waals surface area contributed by atoms with Gasteiger partial charge in [0, 0.05) is 25.1 Å². The van der Waals surface area contributed by atoms with Gasteiger partial charge in [-0.25, -0.2) is 0 Å². The molecule has 0 saturated carbocycles. The van der Waals surface area contributed by atoms with Crippen LogP contribution in [0.25, 0.3) is 0 Å². The van der Waals surface area contributed by atoms with Gasteiger partial charge >= 0.3 is 0 Å². The number of aryl methyl sites for hydroxylation is 2. The molecular formula is C14H21NO. The highest BCUT2D eigenvalue weighted by molar-refractivity contribution is 5.12. The van der Waals surface area contributed by atoms with Crippen molar-refractivity contribution in [2.75, 3.05) is 13.2 Å². The number of aromatic nitrogens is 1. The summed E-state index contributed by atoms with van der Waals surface area (Å²) in [6, 6.07) is 4.30. The van der Waals surface area contributed by atoms with Crippen molar-refractivity contribution >= 4 is 0 Å². The summed E-state index contributed by atoms with van der Waals surface area (Å²) in [6.45, 7) is 4.01. The second-order valence-corrected chi connectivity index (χ2v) is 4.77. The molecule has 1 aliphatic heterocycles. The third-order valence-corrected chi connectivity index (χ3v) is 3.36. The monoisotopic (exact) mass is 219 g/mol. The van der Waals surface area contributed by atoms with Gasteiger partial charge in [-0.2, -0.15) is 0 Å². The molecule has 0 aliphatic carbocycles. The van der Waals surface area contributed by atoms with Gasteiger partial charge in [0.25, 0.3) is 0 Å². The smallest absolute Gasteiger partial charge is 0.0468 e. The highest BCUT2D eigenvalue weighted by Crippen LogP contribution is 2.20. The van der Waals surface area contributed by atoms with E-state index in [4.69, 9.17) is 4.74 Å². The normalized spacial score (nSPS) is 17.6. The van der Waals surface area contributed by atoms with E-state index in [1.165, 1.54) is 36.9 Å². The third kappa shape index (κ3) is 3.60. The van der Waals surface area contributed by atoms with Gasteiger partial charge in [-0.05, 0) is 56.6 Å². The molecule has 0 radical (unpaired) electrons. The minimum atomic E-state index is 0.888. The molecule has 1 aromatic rings. The number of pyridine rings is 1. The van der Waals surface area contributed by atoms with Crippen molar-refractivity contribution in [2.24, 2.45) is 5.92 Å². The molecule has 0 atom stereocenters. The van der Waals surface area contributed by atoms with E-state index in [-0.39, 0.29) is 0 Å². The van der Waals surface area contributed by atoms with E-state index >= 15 is 0 Å². The highest BCUT2D eigenvalue weighted by atomic mass is 16.5. The molecule has 1 aliphatic rings. The maximum atomic E-state index is 5.37. The lowest BCUT2D eigenvalue weighted by Crippen LogP contribution is -2.15. The Morgan fingerprint density at radius 3 is 2.81 bits per heavy atom. The molecule has 1 fully saturated rings. The van der Waals surface area contributed by atoms with Gasteiger partial charge in [-0.1, -0.05) is 6.07 Å². The van der Waals surface area contributed by atoms with Gasteiger partial charge in [0.15, 0.2) is 0 Å². The predicted octanol–water partition coefficient (Wildman–Crippen LogP) is 3.14. The van der Waals surface area contributed by atoms with Crippen molar-refractivity contribution in [1.29, 1.82) is 0 Å². The summed E-state index contributed by atoms with van der Waals surface area (Å²) < 4.78 is 5.37. The van der Waals surface area contributed by atoms with Crippen LogP contribution in [0.15, 0.2) is 18.3 Å². The van der Waals surface area contributed by atoms with Crippen LogP contribution >= 0.6 is 0 Å². The van der Waals surface area contributed by atoms with Crippen LogP contribution in [0, 0.1) is 12.8 Å². The Kier molecular flexibility index (Phi) is 4.34. The summed E-state index contributed by atoms with van der Waals surface area (Å²) in [5.41, 5.74) is 2.48. The quantitative estimate of drug-likeness (QED) is 0.776. The molecular weight excluding hydrogens is 198 g/mol. The van der Waals surface area contributed by atoms with Crippen molar-refractivity contribution in [3.8, 4) is 0 Å². The van der Waals surface area contributed by atoms with Crippen molar-refractivity contribution in [1.82, 2.24) is 4.98 Å². The molecule has 16 heavy (non-hydrogen) atoms. The van der Waals surface area contributed by atoms with Crippen LogP contribution in [-0.4, -0.2) is 18.2 Å². The number of rotatable bonds is 4. The molecule has 0 bridgehead atoms. The first-order valence-corrected chi connectivity index (χ1v) is 6.34. The van der Waals surface area contributed by atoms with E-state index in [0.29, 0.717) is 0 Å². The SMILES string of the molecule is Cc1ccc(CCCC2CCOCC2)nc1. The van der Waals surface area contributed by atoms with Gasteiger partial charge in [-0.15, -0.1) is 0 Å². The molecule has 0 amide bonds. The zero-order valence-corrected chi connectivity index (χ0v) is 10.1. The lowest BCUT2D eigenvalue weighted by molar-refractivity contribution is 0.0633. The maximum Gasteiger partial charge on any atom is 0.0468 e. The first kappa shape index (κ1) is 11.6. The fourth-order valence-corrected chi connectivity index (χ4v) is 2.25. The minimum Gasteiger partial charge on any atom is -0.381 e. The Labute approximate surface area is 98.0 Å². The first-order valence-electron chi connectivity index (χ1n) is 6.34. The molecule has 2 heterocycles. The van der Waals surface area contributed by atoms with E-state index < -0.39 is 0 Å². The summed E-state index contributed by atoms with van der Waals surface area (Å²) >= 11 is 0. The van der Waals surface area contributed by atoms with E-state index in [0.717, 1.165) is 25.6 Å². The molecule has 0 N–H and O–H groups in total. The molecule has 1 aromatic heterocycles. The molecule has 2 rings (SSSR count). The van der Waals surface area contributed by atoms with Crippen LogP contribution in [0.4, 0.5) is 0 Å². The van der Waals surface area contributed by atoms with Gasteiger partial charge < -0.3 is 4.74 Å². The Morgan fingerprint density at radius 1 is 1.31 bits per heavy atom. The predicted molar refractivity (Wildman–Crippen MR) is 65.5 cm³/mol. The Hall–Kier alpha value is -0.890. The van der Waals surface area contributed by atoms with Crippen LogP contribution < -0.4 is 0 Å². The van der Waals surface area contributed by atoms with Crippen molar-refractivity contribution < 1.29 is 4.74 Å². The summed E-state index contributed by atoms with van der Waals surface area (Å²) in [6.07, 6.45) is 8.18. The molecule has 88 valence electrons. The number of nitrogens with zero attached hydrogens (tertiary/aromatic N) is 1. The Bertz CT molecular complexity index is 301. The molecule has 0 spiro atoms. The zero-order valence-electron chi connectivity index (χ0n) is 10.1. The maximum absolute atomic E-state index is 5.37. The van der Waals surface area contributed by atoms with Crippen LogP contribution in [-0.2, 0) is 11.2 Å². The van der Waals surface area contributed by atoms with Gasteiger partial charge in [0.2, 0.25) is 0 Å². The fourth-order valence-electron chi connectivity index (χ4n) is 2.25. The summed E-state index contributed by atoms with van der Waals surface area (Å²) in [4.78, 5) is 4.44. The van der Waals surface area contributed by atoms with Crippen LogP contribution in [0.5, 0.6) is 0 Å². The van der Waals surface area contributed by atoms with Crippen molar-refractivity contribution in [3.05, 3.63) is 29.6 Å². The van der Waals surface area contributed by atoms with E-state index in [1.807, 2.05) is 6.20 Å². The Balaban J connectivity index is 1.69. The van der Waals surface area contributed by atoms with E-state index in [1.54, 1.807) is 0 Å². The zero-order chi connectivity index (χ0) is 11.2. The second-order valence-electron chi connectivity index (χ2n) is 4.77. The van der Waals surface area contributed by atoms with Crippen molar-refractivity contribution in [2.45, 2.75) is 39.0 Å². The molecule has 1 saturated heterocycles. The average molecular weight is 219 g/mol. The molecule has 0 aromatic carbocycles. The van der Waals surface area contributed by atoms with E-state index in [9.17, 15) is 0 Å². The lowest BCUT2D eigenvalue weighted by atomic mass is 9.94. The summed E-state index contributed by atoms with van der Waals surface area (Å²) in [5, 5.41) is 0. The topological polar surface area (TPSA) is 22.1 Å². The second kappa shape index (κ2) is 6.00. The van der Waals surface area contributed by atoms with Gasteiger partial charge in [-0.3, -0.25) is 4.98 Å². The van der Waals surface area contributed by atoms with E-state index in [2.05, 4.69) is 24.0 Å². The third-order valence-electron chi connectivity index (χ3n) is 3.36. The molecule has 2 nitrogen and oxygen atoms in total. The summed E-state index contributed by atoms with van der Waals surface area (Å²) in [5.74, 6) is 0.888. The van der Waals surface area contributed by atoms with Gasteiger partial charge in [0.1, 0.15) is 0 Å². The molecule has 2 heteroatoms. The number of hydrogen-bond acceptors (Lipinski definition) is 2. The fraction of sp³-hybridized carbons (Fsp3) is 0.643. The standard InChI is InChI=1S/C14H21NO/c1-12-5-6-14(15-11-12)4-2-3-13-7-9-16-10-8-13/h5-6,11,13H,2-4,7-10H2,1H3. The number of ether oxygens (including phenoxy) is 1. The van der Waals surface area contributed by atoms with Gasteiger partial charge in [0.05, 0.1) is 0 Å². The first-order chi connectivity index (χ1) is 7.84. The molecule has 0 unspecified atom stereocenters. The Morgan fingerprint density at radius 2 is 2.12 bits per heavy atom. The average Bonchev–Trinajstić information content (AvgIpc) is 2.33. The summed E-state index contributed by atoms with van der Waals surface area (Å²) in [7, 11) is 0. The highest BCUT2D eigenvalue weighted by Gasteiger charge is 2.12. The largest absolute Gasteiger partial charge is 0.381 e. The number of hydrogen-bond donors (Lipinski definition) is 0. The van der Waals surface area contributed by atoms with Crippen LogP contribution in [0.2, 0.25) is 0 Å². The minimum absolute atomic E-state index is 0.888. The lowest BCUT2D eigenvalue weighted by Gasteiger charge is -2.21. The van der Waals surface area contributed by atoms with Crippen LogP contribution in [0.3, 0.4) is 0 Å². The van der Waals surface area contributed by atoms with Crippen LogP contribution in [0.1, 0.15) is 36.9 Å².